The van der Waals surface area contributed by atoms with E-state index in [1.807, 2.05) is 0 Å². The fraction of sp³-hybridized carbons (Fsp3) is 0.273. The van der Waals surface area contributed by atoms with Gasteiger partial charge in [-0.1, -0.05) is 29.6 Å². The van der Waals surface area contributed by atoms with Crippen LogP contribution in [0.3, 0.4) is 0 Å². The number of aromatic nitrogens is 4. The van der Waals surface area contributed by atoms with Gasteiger partial charge in [-0.15, -0.1) is 10.2 Å². The first-order valence-electron chi connectivity index (χ1n) is 5.97. The predicted octanol–water partition coefficient (Wildman–Crippen LogP) is 0.182. The third kappa shape index (κ3) is 3.40. The van der Waals surface area contributed by atoms with Gasteiger partial charge < -0.3 is 5.73 Å². The third-order valence-corrected chi connectivity index (χ3v) is 4.76. The molecule has 1 aromatic heterocycles. The number of tetrazole rings is 1. The average molecular weight is 326 g/mol. The van der Waals surface area contributed by atoms with Gasteiger partial charge in [-0.3, -0.25) is 0 Å². The molecule has 0 saturated carbocycles. The van der Waals surface area contributed by atoms with Crippen LogP contribution in [0.15, 0.2) is 23.1 Å². The van der Waals surface area contributed by atoms with Crippen LogP contribution in [0, 0.1) is 6.92 Å². The Morgan fingerprint density at radius 2 is 2.19 bits per heavy atom. The fourth-order valence-electron chi connectivity index (χ4n) is 1.74. The summed E-state index contributed by atoms with van der Waals surface area (Å²) in [5.41, 5.74) is 6.61. The summed E-state index contributed by atoms with van der Waals surface area (Å²) in [7, 11) is -3.76. The van der Waals surface area contributed by atoms with Gasteiger partial charge in [-0.2, -0.15) is 5.21 Å². The van der Waals surface area contributed by atoms with Gasteiger partial charge in [-0.05, 0) is 25.5 Å². The van der Waals surface area contributed by atoms with Gasteiger partial charge in [0.25, 0.3) is 0 Å². The van der Waals surface area contributed by atoms with Crippen molar-refractivity contribution in [1.82, 2.24) is 25.3 Å². The van der Waals surface area contributed by atoms with E-state index in [0.717, 1.165) is 0 Å². The third-order valence-electron chi connectivity index (χ3n) is 2.84. The second-order valence-electron chi connectivity index (χ2n) is 4.46. The number of aromatic amines is 1. The molecule has 0 bridgehead atoms. The SMILES string of the molecule is Cc1ccc(C(N)=S)cc1S(=O)(=O)NC(C)c1nn[nH]n1. The molecule has 21 heavy (non-hydrogen) atoms. The molecule has 0 saturated heterocycles. The van der Waals surface area contributed by atoms with Crippen LogP contribution in [0.5, 0.6) is 0 Å². The molecule has 0 spiro atoms. The molecular weight excluding hydrogens is 312 g/mol. The molecule has 0 aliphatic carbocycles. The summed E-state index contributed by atoms with van der Waals surface area (Å²) in [6, 6.07) is 4.16. The van der Waals surface area contributed by atoms with E-state index < -0.39 is 16.1 Å². The molecule has 0 radical (unpaired) electrons. The minimum atomic E-state index is -3.76. The standard InChI is InChI=1S/C11H14N6O2S2/c1-6-3-4-8(10(12)20)5-9(6)21(18,19)15-7(2)11-13-16-17-14-11/h3-5,7,15H,1-2H3,(H2,12,20)(H,13,14,16,17). The number of nitrogens with zero attached hydrogens (tertiary/aromatic N) is 3. The Morgan fingerprint density at radius 1 is 1.48 bits per heavy atom. The van der Waals surface area contributed by atoms with Crippen molar-refractivity contribution in [2.24, 2.45) is 5.73 Å². The number of hydrogen-bond donors (Lipinski definition) is 3. The van der Waals surface area contributed by atoms with E-state index in [2.05, 4.69) is 25.3 Å². The lowest BCUT2D eigenvalue weighted by Gasteiger charge is -2.13. The Bertz CT molecular complexity index is 757. The van der Waals surface area contributed by atoms with Gasteiger partial charge in [0, 0.05) is 5.56 Å². The van der Waals surface area contributed by atoms with Crippen molar-refractivity contribution in [1.29, 1.82) is 0 Å². The quantitative estimate of drug-likeness (QED) is 0.669. The molecule has 0 aliphatic heterocycles. The highest BCUT2D eigenvalue weighted by atomic mass is 32.2. The summed E-state index contributed by atoms with van der Waals surface area (Å²) in [6.07, 6.45) is 0. The molecule has 4 N–H and O–H groups in total. The molecule has 1 aromatic carbocycles. The Hall–Kier alpha value is -1.91. The monoisotopic (exact) mass is 326 g/mol. The Morgan fingerprint density at radius 3 is 2.76 bits per heavy atom. The smallest absolute Gasteiger partial charge is 0.241 e. The van der Waals surface area contributed by atoms with Gasteiger partial charge in [0.2, 0.25) is 10.0 Å². The first-order chi connectivity index (χ1) is 9.81. The van der Waals surface area contributed by atoms with Crippen molar-refractivity contribution in [2.75, 3.05) is 0 Å². The average Bonchev–Trinajstić information content (AvgIpc) is 2.92. The molecule has 1 atom stereocenters. The van der Waals surface area contributed by atoms with E-state index in [1.165, 1.54) is 6.07 Å². The van der Waals surface area contributed by atoms with Crippen molar-refractivity contribution < 1.29 is 8.42 Å². The van der Waals surface area contributed by atoms with Gasteiger partial charge in [-0.25, -0.2) is 13.1 Å². The number of H-pyrrole nitrogens is 1. The van der Waals surface area contributed by atoms with Crippen LogP contribution in [-0.2, 0) is 10.0 Å². The van der Waals surface area contributed by atoms with Crippen LogP contribution in [0.2, 0.25) is 0 Å². The zero-order valence-corrected chi connectivity index (χ0v) is 13.0. The van der Waals surface area contributed by atoms with Crippen molar-refractivity contribution in [3.63, 3.8) is 0 Å². The Balaban J connectivity index is 2.35. The zero-order chi connectivity index (χ0) is 15.6. The first-order valence-corrected chi connectivity index (χ1v) is 7.86. The van der Waals surface area contributed by atoms with Crippen molar-refractivity contribution in [2.45, 2.75) is 24.8 Å². The normalized spacial score (nSPS) is 13.0. The highest BCUT2D eigenvalue weighted by Crippen LogP contribution is 2.19. The minimum absolute atomic E-state index is 0.114. The highest BCUT2D eigenvalue weighted by molar-refractivity contribution is 7.89. The highest BCUT2D eigenvalue weighted by Gasteiger charge is 2.23. The maximum atomic E-state index is 12.5. The van der Waals surface area contributed by atoms with Crippen LogP contribution in [0.1, 0.15) is 29.9 Å². The van der Waals surface area contributed by atoms with E-state index in [4.69, 9.17) is 18.0 Å². The number of rotatable bonds is 5. The molecule has 1 heterocycles. The first kappa shape index (κ1) is 15.5. The van der Waals surface area contributed by atoms with E-state index in [-0.39, 0.29) is 15.7 Å². The summed E-state index contributed by atoms with van der Waals surface area (Å²) in [5, 5.41) is 13.2. The zero-order valence-electron chi connectivity index (χ0n) is 11.4. The number of aryl methyl sites for hydroxylation is 1. The van der Waals surface area contributed by atoms with Crippen molar-refractivity contribution in [3.8, 4) is 0 Å². The Kier molecular flexibility index (Phi) is 4.30. The topological polar surface area (TPSA) is 127 Å². The number of benzene rings is 1. The summed E-state index contributed by atoms with van der Waals surface area (Å²) in [5.74, 6) is 0.252. The molecule has 2 aromatic rings. The van der Waals surface area contributed by atoms with E-state index in [0.29, 0.717) is 11.1 Å². The maximum absolute atomic E-state index is 12.5. The molecule has 2 rings (SSSR count). The van der Waals surface area contributed by atoms with Crippen LogP contribution in [-0.4, -0.2) is 34.0 Å². The minimum Gasteiger partial charge on any atom is -0.389 e. The van der Waals surface area contributed by atoms with E-state index in [1.54, 1.807) is 26.0 Å². The number of sulfonamides is 1. The second kappa shape index (κ2) is 5.84. The molecular formula is C11H14N6O2S2. The number of hydrogen-bond acceptors (Lipinski definition) is 6. The summed E-state index contributed by atoms with van der Waals surface area (Å²) in [6.45, 7) is 3.31. The van der Waals surface area contributed by atoms with E-state index >= 15 is 0 Å². The summed E-state index contributed by atoms with van der Waals surface area (Å²) < 4.78 is 27.4. The molecule has 0 amide bonds. The molecule has 10 heteroatoms. The second-order valence-corrected chi connectivity index (χ2v) is 6.58. The van der Waals surface area contributed by atoms with Crippen LogP contribution in [0.4, 0.5) is 0 Å². The number of nitrogens with two attached hydrogens (primary N) is 1. The Labute approximate surface area is 127 Å². The predicted molar refractivity (Wildman–Crippen MR) is 80.0 cm³/mol. The van der Waals surface area contributed by atoms with Crippen molar-refractivity contribution >= 4 is 27.2 Å². The van der Waals surface area contributed by atoms with Gasteiger partial charge in [0.1, 0.15) is 4.99 Å². The largest absolute Gasteiger partial charge is 0.389 e. The van der Waals surface area contributed by atoms with Gasteiger partial charge >= 0.3 is 0 Å². The lowest BCUT2D eigenvalue weighted by molar-refractivity contribution is 0.559. The maximum Gasteiger partial charge on any atom is 0.241 e. The number of thiocarbonyl (C=S) groups is 1. The molecule has 0 fully saturated rings. The lowest BCUT2D eigenvalue weighted by Crippen LogP contribution is -2.28. The molecule has 1 unspecified atom stereocenters. The molecule has 0 aliphatic rings. The van der Waals surface area contributed by atoms with Crippen LogP contribution < -0.4 is 10.5 Å². The van der Waals surface area contributed by atoms with Crippen molar-refractivity contribution in [3.05, 3.63) is 35.2 Å². The van der Waals surface area contributed by atoms with Crippen LogP contribution >= 0.6 is 12.2 Å². The lowest BCUT2D eigenvalue weighted by atomic mass is 10.1. The fourth-order valence-corrected chi connectivity index (χ4v) is 3.34. The van der Waals surface area contributed by atoms with Gasteiger partial charge in [0.05, 0.1) is 10.9 Å². The molecule has 112 valence electrons. The van der Waals surface area contributed by atoms with Gasteiger partial charge in [0.15, 0.2) is 5.82 Å². The number of nitrogens with one attached hydrogen (secondary N) is 2. The van der Waals surface area contributed by atoms with Crippen LogP contribution in [0.25, 0.3) is 0 Å². The summed E-state index contributed by atoms with van der Waals surface area (Å²) in [4.78, 5) is 0.251. The van der Waals surface area contributed by atoms with E-state index in [9.17, 15) is 8.42 Å². The molecule has 8 nitrogen and oxygen atoms in total. The summed E-state index contributed by atoms with van der Waals surface area (Å²) >= 11 is 4.87.